The van der Waals surface area contributed by atoms with Crippen LogP contribution in [0.2, 0.25) is 0 Å². The molecule has 0 fully saturated rings. The third-order valence-corrected chi connectivity index (χ3v) is 3.13. The molecule has 3 heteroatoms. The second-order valence-corrected chi connectivity index (χ2v) is 4.40. The van der Waals surface area contributed by atoms with Gasteiger partial charge >= 0.3 is 0 Å². The summed E-state index contributed by atoms with van der Waals surface area (Å²) in [4.78, 5) is 8.89. The average Bonchev–Trinajstić information content (AvgIpc) is 2.16. The van der Waals surface area contributed by atoms with Crippen LogP contribution >= 0.6 is 11.6 Å². The van der Waals surface area contributed by atoms with Crippen LogP contribution in [0.4, 0.5) is 0 Å². The SMILES string of the molecule is Cc1nc(CCl)nc2c1CCC(C)C2. The number of aromatic nitrogens is 2. The van der Waals surface area contributed by atoms with E-state index in [0.717, 1.165) is 30.3 Å². The highest BCUT2D eigenvalue weighted by atomic mass is 35.5. The van der Waals surface area contributed by atoms with Crippen molar-refractivity contribution in [2.45, 2.75) is 39.0 Å². The van der Waals surface area contributed by atoms with E-state index in [1.165, 1.54) is 17.7 Å². The fraction of sp³-hybridized carbons (Fsp3) is 0.636. The Morgan fingerprint density at radius 2 is 2.21 bits per heavy atom. The molecule has 0 radical (unpaired) electrons. The molecule has 0 N–H and O–H groups in total. The van der Waals surface area contributed by atoms with Crippen molar-refractivity contribution in [2.75, 3.05) is 0 Å². The van der Waals surface area contributed by atoms with Crippen molar-refractivity contribution in [3.8, 4) is 0 Å². The molecule has 2 nitrogen and oxygen atoms in total. The average molecular weight is 211 g/mol. The zero-order valence-corrected chi connectivity index (χ0v) is 9.43. The second-order valence-electron chi connectivity index (χ2n) is 4.13. The fourth-order valence-electron chi connectivity index (χ4n) is 2.09. The number of fused-ring (bicyclic) bond motifs is 1. The Morgan fingerprint density at radius 3 is 2.93 bits per heavy atom. The number of halogens is 1. The van der Waals surface area contributed by atoms with Crippen LogP contribution < -0.4 is 0 Å². The summed E-state index contributed by atoms with van der Waals surface area (Å²) in [6.45, 7) is 4.34. The molecule has 2 rings (SSSR count). The molecule has 0 aromatic carbocycles. The van der Waals surface area contributed by atoms with Gasteiger partial charge in [0.05, 0.1) is 5.88 Å². The number of nitrogens with zero attached hydrogens (tertiary/aromatic N) is 2. The van der Waals surface area contributed by atoms with E-state index in [1.807, 2.05) is 0 Å². The van der Waals surface area contributed by atoms with Gasteiger partial charge in [-0.25, -0.2) is 9.97 Å². The molecule has 1 atom stereocenters. The van der Waals surface area contributed by atoms with E-state index in [0.29, 0.717) is 5.88 Å². The van der Waals surface area contributed by atoms with Gasteiger partial charge in [0.15, 0.2) is 0 Å². The van der Waals surface area contributed by atoms with Crippen molar-refractivity contribution in [3.63, 3.8) is 0 Å². The summed E-state index contributed by atoms with van der Waals surface area (Å²) in [5.41, 5.74) is 3.71. The van der Waals surface area contributed by atoms with Crippen molar-refractivity contribution < 1.29 is 0 Å². The molecular weight excluding hydrogens is 196 g/mol. The lowest BCUT2D eigenvalue weighted by atomic mass is 9.87. The summed E-state index contributed by atoms with van der Waals surface area (Å²) in [5.74, 6) is 1.94. The highest BCUT2D eigenvalue weighted by Gasteiger charge is 2.19. The van der Waals surface area contributed by atoms with Crippen molar-refractivity contribution in [3.05, 3.63) is 22.8 Å². The van der Waals surface area contributed by atoms with Crippen LogP contribution in [-0.4, -0.2) is 9.97 Å². The lowest BCUT2D eigenvalue weighted by molar-refractivity contribution is 0.487. The van der Waals surface area contributed by atoms with Crippen molar-refractivity contribution in [1.82, 2.24) is 9.97 Å². The smallest absolute Gasteiger partial charge is 0.143 e. The summed E-state index contributed by atoms with van der Waals surface area (Å²) < 4.78 is 0. The molecule has 0 saturated heterocycles. The lowest BCUT2D eigenvalue weighted by Crippen LogP contribution is -2.16. The van der Waals surface area contributed by atoms with Crippen LogP contribution in [0, 0.1) is 12.8 Å². The van der Waals surface area contributed by atoms with Gasteiger partial charge in [0.25, 0.3) is 0 Å². The van der Waals surface area contributed by atoms with E-state index in [4.69, 9.17) is 11.6 Å². The lowest BCUT2D eigenvalue weighted by Gasteiger charge is -2.21. The normalized spacial score (nSPS) is 20.6. The van der Waals surface area contributed by atoms with Crippen LogP contribution in [-0.2, 0) is 18.7 Å². The molecule has 14 heavy (non-hydrogen) atoms. The monoisotopic (exact) mass is 210 g/mol. The van der Waals surface area contributed by atoms with Gasteiger partial charge in [-0.2, -0.15) is 0 Å². The molecule has 1 aromatic rings. The number of alkyl halides is 1. The number of hydrogen-bond donors (Lipinski definition) is 0. The Morgan fingerprint density at radius 1 is 1.43 bits per heavy atom. The first-order valence-corrected chi connectivity index (χ1v) is 5.65. The maximum Gasteiger partial charge on any atom is 0.143 e. The zero-order chi connectivity index (χ0) is 10.1. The summed E-state index contributed by atoms with van der Waals surface area (Å²) in [6.07, 6.45) is 3.48. The fourth-order valence-corrected chi connectivity index (χ4v) is 2.21. The van der Waals surface area contributed by atoms with E-state index >= 15 is 0 Å². The van der Waals surface area contributed by atoms with Gasteiger partial charge in [0, 0.05) is 11.4 Å². The van der Waals surface area contributed by atoms with Gasteiger partial charge in [0.2, 0.25) is 0 Å². The van der Waals surface area contributed by atoms with E-state index in [1.54, 1.807) is 0 Å². The van der Waals surface area contributed by atoms with Crippen LogP contribution in [0.25, 0.3) is 0 Å². The highest BCUT2D eigenvalue weighted by molar-refractivity contribution is 6.16. The third kappa shape index (κ3) is 1.76. The van der Waals surface area contributed by atoms with Gasteiger partial charge in [-0.1, -0.05) is 6.92 Å². The highest BCUT2D eigenvalue weighted by Crippen LogP contribution is 2.25. The molecule has 0 amide bonds. The summed E-state index contributed by atoms with van der Waals surface area (Å²) in [5, 5.41) is 0. The first-order chi connectivity index (χ1) is 6.70. The molecule has 1 aromatic heterocycles. The van der Waals surface area contributed by atoms with Gasteiger partial charge in [-0.15, -0.1) is 11.6 Å². The second kappa shape index (κ2) is 3.85. The maximum absolute atomic E-state index is 5.75. The molecule has 1 aliphatic carbocycles. The minimum absolute atomic E-state index is 0.419. The Bertz CT molecular complexity index is 349. The minimum atomic E-state index is 0.419. The van der Waals surface area contributed by atoms with E-state index < -0.39 is 0 Å². The van der Waals surface area contributed by atoms with Gasteiger partial charge < -0.3 is 0 Å². The predicted octanol–water partition coefficient (Wildman–Crippen LogP) is 2.65. The van der Waals surface area contributed by atoms with Crippen molar-refractivity contribution in [1.29, 1.82) is 0 Å². The summed E-state index contributed by atoms with van der Waals surface area (Å²) in [6, 6.07) is 0. The van der Waals surface area contributed by atoms with E-state index in [2.05, 4.69) is 23.8 Å². The summed E-state index contributed by atoms with van der Waals surface area (Å²) >= 11 is 5.75. The van der Waals surface area contributed by atoms with Crippen LogP contribution in [0.5, 0.6) is 0 Å². The summed E-state index contributed by atoms with van der Waals surface area (Å²) in [7, 11) is 0. The molecule has 0 bridgehead atoms. The topological polar surface area (TPSA) is 25.8 Å². The maximum atomic E-state index is 5.75. The number of rotatable bonds is 1. The van der Waals surface area contributed by atoms with Gasteiger partial charge in [-0.05, 0) is 37.7 Å². The minimum Gasteiger partial charge on any atom is -0.237 e. The standard InChI is InChI=1S/C11H15ClN2/c1-7-3-4-9-8(2)13-11(6-12)14-10(9)5-7/h7H,3-6H2,1-2H3. The Hall–Kier alpha value is -0.630. The Balaban J connectivity index is 2.43. The van der Waals surface area contributed by atoms with E-state index in [-0.39, 0.29) is 0 Å². The molecule has 0 saturated carbocycles. The van der Waals surface area contributed by atoms with Crippen LogP contribution in [0.3, 0.4) is 0 Å². The first-order valence-electron chi connectivity index (χ1n) is 5.12. The van der Waals surface area contributed by atoms with Crippen molar-refractivity contribution in [2.24, 2.45) is 5.92 Å². The number of aryl methyl sites for hydroxylation is 1. The van der Waals surface area contributed by atoms with Gasteiger partial charge in [0.1, 0.15) is 5.82 Å². The third-order valence-electron chi connectivity index (χ3n) is 2.89. The van der Waals surface area contributed by atoms with E-state index in [9.17, 15) is 0 Å². The molecule has 1 aliphatic rings. The Labute approximate surface area is 89.7 Å². The number of hydrogen-bond acceptors (Lipinski definition) is 2. The predicted molar refractivity (Wildman–Crippen MR) is 57.5 cm³/mol. The van der Waals surface area contributed by atoms with Gasteiger partial charge in [-0.3, -0.25) is 0 Å². The molecular formula is C11H15ClN2. The molecule has 1 unspecified atom stereocenters. The Kier molecular flexibility index (Phi) is 2.73. The zero-order valence-electron chi connectivity index (χ0n) is 8.68. The molecule has 0 aliphatic heterocycles. The first kappa shape index (κ1) is 9.91. The molecule has 76 valence electrons. The largest absolute Gasteiger partial charge is 0.237 e. The van der Waals surface area contributed by atoms with Crippen LogP contribution in [0.15, 0.2) is 0 Å². The quantitative estimate of drug-likeness (QED) is 0.666. The van der Waals surface area contributed by atoms with Crippen molar-refractivity contribution >= 4 is 11.6 Å². The molecule has 1 heterocycles. The van der Waals surface area contributed by atoms with Crippen LogP contribution in [0.1, 0.15) is 36.1 Å². The molecule has 0 spiro atoms.